The van der Waals surface area contributed by atoms with E-state index in [1.807, 2.05) is 0 Å². The van der Waals surface area contributed by atoms with Gasteiger partial charge in [0.1, 0.15) is 13.2 Å². The average Bonchev–Trinajstić information content (AvgIpc) is 2.60. The van der Waals surface area contributed by atoms with E-state index in [9.17, 15) is 9.46 Å². The normalized spacial score (nSPS) is 14.4. The summed E-state index contributed by atoms with van der Waals surface area (Å²) in [6, 6.07) is 0. The van der Waals surface area contributed by atoms with E-state index in [2.05, 4.69) is 27.9 Å². The standard InChI is InChI=1S/C21H46NO4P/c1-5-7-9-11-12-13-14-15-17-20-25-27(23,24)26-21-19-22(3,4)18-16-10-8-6-2/h5-21H2,1-4H3/p+1. The Morgan fingerprint density at radius 2 is 1.11 bits per heavy atom. The first kappa shape index (κ1) is 27.1. The van der Waals surface area contributed by atoms with Gasteiger partial charge < -0.3 is 9.38 Å². The third-order valence-electron chi connectivity index (χ3n) is 5.07. The van der Waals surface area contributed by atoms with Gasteiger partial charge in [-0.1, -0.05) is 78.1 Å². The largest absolute Gasteiger partial charge is 0.472 e. The van der Waals surface area contributed by atoms with Crippen molar-refractivity contribution in [2.45, 2.75) is 97.3 Å². The Labute approximate surface area is 169 Å². The molecule has 0 saturated carbocycles. The van der Waals surface area contributed by atoms with Crippen LogP contribution in [0.5, 0.6) is 0 Å². The van der Waals surface area contributed by atoms with Crippen molar-refractivity contribution in [3.05, 3.63) is 0 Å². The minimum absolute atomic E-state index is 0.256. The fourth-order valence-corrected chi connectivity index (χ4v) is 3.86. The summed E-state index contributed by atoms with van der Waals surface area (Å²) in [7, 11) is 0.380. The zero-order valence-electron chi connectivity index (χ0n) is 18.6. The molecule has 27 heavy (non-hydrogen) atoms. The van der Waals surface area contributed by atoms with Crippen molar-refractivity contribution < 1.29 is 23.0 Å². The zero-order chi connectivity index (χ0) is 20.4. The van der Waals surface area contributed by atoms with Gasteiger partial charge in [0.25, 0.3) is 0 Å². The van der Waals surface area contributed by atoms with Crippen LogP contribution in [0.2, 0.25) is 0 Å². The van der Waals surface area contributed by atoms with Crippen LogP contribution >= 0.6 is 7.82 Å². The van der Waals surface area contributed by atoms with Crippen LogP contribution < -0.4 is 0 Å². The lowest BCUT2D eigenvalue weighted by atomic mass is 10.1. The van der Waals surface area contributed by atoms with Gasteiger partial charge in [0.2, 0.25) is 0 Å². The van der Waals surface area contributed by atoms with E-state index in [1.165, 1.54) is 70.6 Å². The van der Waals surface area contributed by atoms with Crippen LogP contribution in [0.3, 0.4) is 0 Å². The van der Waals surface area contributed by atoms with Gasteiger partial charge in [0.05, 0.1) is 27.2 Å². The lowest BCUT2D eigenvalue weighted by Gasteiger charge is -2.29. The molecular weight excluding hydrogens is 361 g/mol. The SMILES string of the molecule is CCCCCCCCCCCOP(=O)(O)OCC[N+](C)(C)CCCCCC. The third-order valence-corrected chi connectivity index (χ3v) is 6.09. The fourth-order valence-electron chi connectivity index (χ4n) is 3.11. The van der Waals surface area contributed by atoms with Crippen molar-refractivity contribution in [3.63, 3.8) is 0 Å². The van der Waals surface area contributed by atoms with E-state index in [4.69, 9.17) is 9.05 Å². The Kier molecular flexibility index (Phi) is 17.0. The summed E-state index contributed by atoms with van der Waals surface area (Å²) in [6.07, 6.45) is 15.9. The molecule has 1 N–H and O–H groups in total. The van der Waals surface area contributed by atoms with Crippen LogP contribution in [0, 0.1) is 0 Å². The van der Waals surface area contributed by atoms with Gasteiger partial charge in [-0.15, -0.1) is 0 Å². The van der Waals surface area contributed by atoms with Gasteiger partial charge in [-0.3, -0.25) is 9.05 Å². The number of quaternary nitrogens is 1. The molecule has 0 aliphatic heterocycles. The second-order valence-electron chi connectivity index (χ2n) is 8.41. The predicted molar refractivity (Wildman–Crippen MR) is 115 cm³/mol. The minimum Gasteiger partial charge on any atom is -0.327 e. The first-order chi connectivity index (χ1) is 12.8. The summed E-state index contributed by atoms with van der Waals surface area (Å²) >= 11 is 0. The van der Waals surface area contributed by atoms with Gasteiger partial charge in [-0.2, -0.15) is 0 Å². The van der Waals surface area contributed by atoms with Crippen LogP contribution in [-0.4, -0.2) is 49.8 Å². The van der Waals surface area contributed by atoms with Gasteiger partial charge in [-0.25, -0.2) is 4.57 Å². The minimum atomic E-state index is -3.90. The number of phosphoric acid groups is 1. The molecule has 1 atom stereocenters. The van der Waals surface area contributed by atoms with E-state index in [1.54, 1.807) is 0 Å². The van der Waals surface area contributed by atoms with Crippen LogP contribution in [0.25, 0.3) is 0 Å². The number of unbranched alkanes of at least 4 members (excludes halogenated alkanes) is 11. The average molecular weight is 409 g/mol. The molecule has 5 nitrogen and oxygen atoms in total. The summed E-state index contributed by atoms with van der Waals surface area (Å²) in [5.74, 6) is 0. The Balaban J connectivity index is 3.63. The lowest BCUT2D eigenvalue weighted by Crippen LogP contribution is -2.42. The Morgan fingerprint density at radius 1 is 0.667 bits per heavy atom. The van der Waals surface area contributed by atoms with Crippen molar-refractivity contribution in [2.24, 2.45) is 0 Å². The molecule has 0 saturated heterocycles. The summed E-state index contributed by atoms with van der Waals surface area (Å²) in [4.78, 5) is 9.78. The molecule has 0 aromatic heterocycles. The van der Waals surface area contributed by atoms with Crippen molar-refractivity contribution in [1.82, 2.24) is 0 Å². The van der Waals surface area contributed by atoms with Crippen LogP contribution in [0.1, 0.15) is 97.3 Å². The molecular formula is C21H47NO4P+. The maximum absolute atomic E-state index is 11.9. The van der Waals surface area contributed by atoms with Crippen molar-refractivity contribution in [1.29, 1.82) is 0 Å². The van der Waals surface area contributed by atoms with E-state index >= 15 is 0 Å². The fraction of sp³-hybridized carbons (Fsp3) is 1.00. The Morgan fingerprint density at radius 3 is 1.67 bits per heavy atom. The van der Waals surface area contributed by atoms with Crippen LogP contribution in [-0.2, 0) is 13.6 Å². The number of phosphoric ester groups is 1. The summed E-state index contributed by atoms with van der Waals surface area (Å²) in [5, 5.41) is 0. The number of nitrogens with zero attached hydrogens (tertiary/aromatic N) is 1. The van der Waals surface area contributed by atoms with Gasteiger partial charge >= 0.3 is 7.82 Å². The molecule has 0 radical (unpaired) electrons. The maximum atomic E-state index is 11.9. The van der Waals surface area contributed by atoms with E-state index in [-0.39, 0.29) is 6.61 Å². The summed E-state index contributed by atoms with van der Waals surface area (Å²) in [5.41, 5.74) is 0. The molecule has 164 valence electrons. The molecule has 0 bridgehead atoms. The molecule has 0 aromatic carbocycles. The number of likely N-dealkylation sites (N-methyl/N-ethyl adjacent to an activating group) is 1. The van der Waals surface area contributed by atoms with Gasteiger partial charge in [-0.05, 0) is 19.3 Å². The molecule has 0 aliphatic rings. The molecule has 0 rings (SSSR count). The third kappa shape index (κ3) is 19.2. The van der Waals surface area contributed by atoms with Crippen LogP contribution in [0.4, 0.5) is 0 Å². The van der Waals surface area contributed by atoms with E-state index in [0.717, 1.165) is 30.4 Å². The molecule has 0 aliphatic carbocycles. The number of hydrogen-bond acceptors (Lipinski definition) is 3. The molecule has 1 unspecified atom stereocenters. The quantitative estimate of drug-likeness (QED) is 0.146. The number of rotatable bonds is 20. The highest BCUT2D eigenvalue weighted by atomic mass is 31.2. The highest BCUT2D eigenvalue weighted by Crippen LogP contribution is 2.43. The smallest absolute Gasteiger partial charge is 0.327 e. The highest BCUT2D eigenvalue weighted by Gasteiger charge is 2.23. The van der Waals surface area contributed by atoms with Gasteiger partial charge in [0, 0.05) is 0 Å². The van der Waals surface area contributed by atoms with E-state index in [0.29, 0.717) is 6.61 Å². The number of hydrogen-bond donors (Lipinski definition) is 1. The molecule has 0 heterocycles. The zero-order valence-corrected chi connectivity index (χ0v) is 19.5. The Hall–Kier alpha value is 0.0700. The monoisotopic (exact) mass is 408 g/mol. The van der Waals surface area contributed by atoms with Crippen LogP contribution in [0.15, 0.2) is 0 Å². The molecule has 0 aromatic rings. The molecule has 6 heteroatoms. The second kappa shape index (κ2) is 17.0. The molecule has 0 fully saturated rings. The summed E-state index contributed by atoms with van der Waals surface area (Å²) in [6.45, 7) is 6.79. The van der Waals surface area contributed by atoms with Crippen molar-refractivity contribution >= 4 is 7.82 Å². The first-order valence-corrected chi connectivity index (χ1v) is 12.8. The maximum Gasteiger partial charge on any atom is 0.472 e. The Bertz CT molecular complexity index is 377. The van der Waals surface area contributed by atoms with Crippen molar-refractivity contribution in [3.8, 4) is 0 Å². The molecule has 0 spiro atoms. The second-order valence-corrected chi connectivity index (χ2v) is 9.86. The summed E-state index contributed by atoms with van der Waals surface area (Å²) < 4.78 is 23.0. The molecule has 0 amide bonds. The first-order valence-electron chi connectivity index (χ1n) is 11.3. The van der Waals surface area contributed by atoms with E-state index < -0.39 is 7.82 Å². The van der Waals surface area contributed by atoms with Crippen molar-refractivity contribution in [2.75, 3.05) is 40.4 Å². The highest BCUT2D eigenvalue weighted by molar-refractivity contribution is 7.47. The predicted octanol–water partition coefficient (Wildman–Crippen LogP) is 6.31. The topological polar surface area (TPSA) is 55.8 Å². The lowest BCUT2D eigenvalue weighted by molar-refractivity contribution is -0.890. The van der Waals surface area contributed by atoms with Gasteiger partial charge in [0.15, 0.2) is 0 Å².